The first-order chi connectivity index (χ1) is 33.7. The molecule has 0 atom stereocenters. The molecule has 0 unspecified atom stereocenters. The number of hydrogen-bond donors (Lipinski definition) is 10. The predicted octanol–water partition coefficient (Wildman–Crippen LogP) is 3.48. The lowest BCUT2D eigenvalue weighted by atomic mass is 10.3. The van der Waals surface area contributed by atoms with Crippen molar-refractivity contribution >= 4 is 83.7 Å². The summed E-state index contributed by atoms with van der Waals surface area (Å²) in [4.78, 5) is 141. The number of nitrogens with one attached hydrogen (secondary N) is 10. The number of amides is 8. The van der Waals surface area contributed by atoms with Gasteiger partial charge in [-0.15, -0.1) is 0 Å². The van der Waals surface area contributed by atoms with Gasteiger partial charge in [-0.1, -0.05) is 66.8 Å². The van der Waals surface area contributed by atoms with Gasteiger partial charge in [0.2, 0.25) is 36.5 Å². The highest BCUT2D eigenvalue weighted by Crippen LogP contribution is 1.86. The molecule has 0 aromatic rings. The minimum Gasteiger partial charge on any atom is -0.469 e. The molecular weight excluding hydrogens is 1090 g/mol. The molecule has 0 bridgehead atoms. The van der Waals surface area contributed by atoms with E-state index in [2.05, 4.69) is 95.2 Å². The lowest BCUT2D eigenvalue weighted by Gasteiger charge is -2.03. The van der Waals surface area contributed by atoms with Gasteiger partial charge >= 0.3 is 42.5 Å². The molecule has 0 radical (unpaired) electrons. The van der Waals surface area contributed by atoms with Crippen LogP contribution in [-0.4, -0.2) is 202 Å². The molecule has 0 aromatic carbocycles. The van der Waals surface area contributed by atoms with Crippen LogP contribution in [-0.2, 0) is 90.5 Å². The molecule has 34 nitrogen and oxygen atoms in total. The maximum absolute atomic E-state index is 10.4. The average Bonchev–Trinajstić information content (AvgIpc) is 3.33. The first-order valence-corrected chi connectivity index (χ1v) is 19.4. The summed E-state index contributed by atoms with van der Waals surface area (Å²) in [7, 11) is 15.5. The Labute approximate surface area is 483 Å². The minimum absolute atomic E-state index is 0. The number of esters is 2. The van der Waals surface area contributed by atoms with Crippen LogP contribution in [0, 0.1) is 5.41 Å². The van der Waals surface area contributed by atoms with Crippen LogP contribution in [0.15, 0.2) is 0 Å². The summed E-state index contributed by atoms with van der Waals surface area (Å²) < 4.78 is 42.4. The van der Waals surface area contributed by atoms with Crippen molar-refractivity contribution in [1.29, 1.82) is 5.41 Å². The molecule has 34 heteroatoms. The Hall–Kier alpha value is -8.23. The Kier molecular flexibility index (Phi) is 161. The molecule has 0 spiro atoms. The van der Waals surface area contributed by atoms with Crippen molar-refractivity contribution < 1.29 is 114 Å². The Morgan fingerprint density at radius 2 is 0.765 bits per heavy atom. The Balaban J connectivity index is -0.0000000344. The van der Waals surface area contributed by atoms with Gasteiger partial charge in [0.05, 0.1) is 55.6 Å². The van der Waals surface area contributed by atoms with Crippen LogP contribution < -0.4 is 47.9 Å². The van der Waals surface area contributed by atoms with E-state index in [1.165, 1.54) is 70.0 Å². The van der Waals surface area contributed by atoms with Crippen molar-refractivity contribution in [2.24, 2.45) is 0 Å². The van der Waals surface area contributed by atoms with Gasteiger partial charge in [0.15, 0.2) is 5.78 Å². The number of ether oxygens (including phenoxy) is 10. The van der Waals surface area contributed by atoms with Crippen molar-refractivity contribution in [2.75, 3.05) is 118 Å². The number of Topliss-reactive ketones (excluding diaryl/α,β-unsaturated/α-hetero) is 2. The highest BCUT2D eigenvalue weighted by Gasteiger charge is 2.05. The molecule has 0 aliphatic rings. The number of carbonyl (C=O) groups excluding carboxylic acids is 14. The van der Waals surface area contributed by atoms with E-state index < -0.39 is 43.2 Å². The monoisotopic (exact) mass is 1200 g/mol. The maximum Gasteiger partial charge on any atom is 0.510 e. The zero-order chi connectivity index (χ0) is 58.3. The smallest absolute Gasteiger partial charge is 0.469 e. The summed E-state index contributed by atoms with van der Waals surface area (Å²) in [6.45, 7) is 7.23. The topological polar surface area (TPSA) is 463 Å². The first-order valence-electron chi connectivity index (χ1n) is 19.4. The third-order valence-electron chi connectivity index (χ3n) is 5.06. The molecule has 0 rings (SSSR count). The number of hydrogen-bond acceptors (Lipinski definition) is 26. The van der Waals surface area contributed by atoms with Crippen LogP contribution in [0.2, 0.25) is 0 Å². The summed E-state index contributed by atoms with van der Waals surface area (Å²) in [6.07, 6.45) is -2.52. The van der Waals surface area contributed by atoms with Gasteiger partial charge in [-0.3, -0.25) is 38.4 Å². The van der Waals surface area contributed by atoms with E-state index in [9.17, 15) is 62.3 Å². The third-order valence-corrected chi connectivity index (χ3v) is 5.06. The summed E-state index contributed by atoms with van der Waals surface area (Å²) in [5.74, 6) is -2.04. The van der Waals surface area contributed by atoms with E-state index in [-0.39, 0.29) is 141 Å². The predicted molar refractivity (Wildman–Crippen MR) is 307 cm³/mol. The molecule has 10 N–H and O–H groups in total. The van der Waals surface area contributed by atoms with Gasteiger partial charge in [-0.2, -0.15) is 0 Å². The lowest BCUT2D eigenvalue weighted by molar-refractivity contribution is -0.145. The van der Waals surface area contributed by atoms with Crippen LogP contribution in [0.5, 0.6) is 0 Å². The highest BCUT2D eigenvalue weighted by molar-refractivity contribution is 5.96. The summed E-state index contributed by atoms with van der Waals surface area (Å²) in [5.41, 5.74) is 0. The van der Waals surface area contributed by atoms with Gasteiger partial charge in [0.1, 0.15) is 32.0 Å². The molecular formula is C47H110N10O24. The fraction of sp³-hybridized carbons (Fsp3) is 0.702. The van der Waals surface area contributed by atoms with Gasteiger partial charge in [-0.05, 0) is 20.9 Å². The molecule has 0 aromatic heterocycles. The van der Waals surface area contributed by atoms with Gasteiger partial charge in [-0.25, -0.2) is 34.2 Å². The molecule has 0 fully saturated rings. The van der Waals surface area contributed by atoms with Crippen LogP contribution in [0.25, 0.3) is 0 Å². The second kappa shape index (κ2) is 104. The SMILES string of the molecule is C.C.C.C.C.C.C.C.C.CC(=O)COC(C)=O.CC(=O)NCNC(C)=O.CNC(=O)CC(=O)NC.CNCNC(=O)NC.COC(=O)CC(C)=O.COC(=O)NCNC(=O)OC.COC(=O)OCOC(=O)OC.COCOC.N=C=O. The second-order valence-corrected chi connectivity index (χ2v) is 11.0. The van der Waals surface area contributed by atoms with E-state index in [0.29, 0.717) is 13.5 Å². The van der Waals surface area contributed by atoms with Crippen molar-refractivity contribution in [3.8, 4) is 0 Å². The van der Waals surface area contributed by atoms with Crippen LogP contribution in [0.1, 0.15) is 114 Å². The second-order valence-electron chi connectivity index (χ2n) is 11.0. The zero-order valence-corrected chi connectivity index (χ0v) is 43.5. The molecule has 0 saturated heterocycles. The lowest BCUT2D eigenvalue weighted by Crippen LogP contribution is -2.37. The normalized spacial score (nSPS) is 7.11. The summed E-state index contributed by atoms with van der Waals surface area (Å²) in [5, 5.41) is 27.0. The molecule has 0 saturated carbocycles. The third kappa shape index (κ3) is 174. The van der Waals surface area contributed by atoms with Gasteiger partial charge < -0.3 is 95.2 Å². The standard InChI is InChI=1S/C5H10N2O4.2C5H10N2O2.C5H8O6.2C5H8O3.C4H11N3O.C3H8O2.CHNO.9CH4/c1-10-4(8)6-3-7-5(9)11-2;1-6-4(8)3-5(9)7-2;1-4(8)6-3-7-5(2)9;1-8-4(6)10-3-11-5(7)9-2;1-4(6)3-5(7)8-2;1-4(6)3-8-5(2)7;1-5-3-7-4(8)6-2;1-4-3-5-2;2-1-3;;;;;;;;;/h3H2,1-2H3,(H,6,8)(H,7,9);2*3H2,1-2H3,(H,6,8)(H,7,9);3H2,1-2H3;2*3H2,1-2H3;5H,3H2,1-2H3,(H2,6,7,8);3H2,1-2H3;2H;9*1H4. The van der Waals surface area contributed by atoms with Crippen LogP contribution in [0.3, 0.4) is 0 Å². The highest BCUT2D eigenvalue weighted by atomic mass is 16.8. The van der Waals surface area contributed by atoms with Crippen LogP contribution in [0.4, 0.5) is 24.0 Å². The molecule has 0 heterocycles. The van der Waals surface area contributed by atoms with E-state index in [1.54, 1.807) is 28.3 Å². The Bertz CT molecular complexity index is 1450. The largest absolute Gasteiger partial charge is 0.510 e. The van der Waals surface area contributed by atoms with Crippen molar-refractivity contribution in [3.63, 3.8) is 0 Å². The maximum atomic E-state index is 10.4. The number of methoxy groups -OCH3 is 7. The van der Waals surface area contributed by atoms with Crippen molar-refractivity contribution in [3.05, 3.63) is 0 Å². The zero-order valence-electron chi connectivity index (χ0n) is 43.5. The Morgan fingerprint density at radius 1 is 0.420 bits per heavy atom. The molecule has 81 heavy (non-hydrogen) atoms. The fourth-order valence-electron chi connectivity index (χ4n) is 2.05. The molecule has 8 amide bonds. The van der Waals surface area contributed by atoms with E-state index in [4.69, 9.17) is 10.2 Å². The Morgan fingerprint density at radius 3 is 0.951 bits per heavy atom. The average molecular weight is 1200 g/mol. The number of ketones is 2. The number of isocyanates is 1. The van der Waals surface area contributed by atoms with Gasteiger partial charge in [0, 0.05) is 56.1 Å². The summed E-state index contributed by atoms with van der Waals surface area (Å²) >= 11 is 0. The first kappa shape index (κ1) is 125. The fourth-order valence-corrected chi connectivity index (χ4v) is 2.05. The number of carbonyl (C=O) groups is 13. The number of rotatable bonds is 16. The number of alkyl carbamates (subject to hydrolysis) is 2. The molecule has 492 valence electrons. The van der Waals surface area contributed by atoms with Crippen molar-refractivity contribution in [1.82, 2.24) is 47.9 Å². The molecule has 0 aliphatic carbocycles. The quantitative estimate of drug-likeness (QED) is 0.0264. The van der Waals surface area contributed by atoms with E-state index >= 15 is 0 Å². The summed E-state index contributed by atoms with van der Waals surface area (Å²) in [6, 6.07) is -0.167. The molecule has 0 aliphatic heterocycles. The van der Waals surface area contributed by atoms with Crippen LogP contribution >= 0.6 is 0 Å². The number of urea groups is 1. The van der Waals surface area contributed by atoms with Gasteiger partial charge in [0.25, 0.3) is 0 Å². The van der Waals surface area contributed by atoms with E-state index in [1.807, 2.05) is 0 Å². The van der Waals surface area contributed by atoms with E-state index in [0.717, 1.165) is 20.3 Å². The minimum atomic E-state index is -0.922. The van der Waals surface area contributed by atoms with Crippen molar-refractivity contribution in [2.45, 2.75) is 114 Å².